The fourth-order valence-electron chi connectivity index (χ4n) is 0.997. The van der Waals surface area contributed by atoms with Crippen LogP contribution >= 0.6 is 0 Å². The molecule has 0 amide bonds. The minimum atomic E-state index is -0.425. The van der Waals surface area contributed by atoms with Crippen molar-refractivity contribution < 1.29 is 4.39 Å². The van der Waals surface area contributed by atoms with Gasteiger partial charge in [-0.1, -0.05) is 24.3 Å². The van der Waals surface area contributed by atoms with Crippen molar-refractivity contribution in [2.24, 2.45) is 0 Å². The summed E-state index contributed by atoms with van der Waals surface area (Å²) >= 11 is 0. The Balaban J connectivity index is 2.42. The van der Waals surface area contributed by atoms with Crippen LogP contribution in [0.1, 0.15) is 0 Å². The van der Waals surface area contributed by atoms with Crippen LogP contribution in [0.25, 0.3) is 11.4 Å². The van der Waals surface area contributed by atoms with Gasteiger partial charge in [-0.15, -0.1) is 0 Å². The third kappa shape index (κ3) is 1.69. The zero-order chi connectivity index (χ0) is 9.10. The fraction of sp³-hybridized carbons (Fsp3) is 0. The highest BCUT2D eigenvalue weighted by atomic mass is 19.1. The summed E-state index contributed by atoms with van der Waals surface area (Å²) in [5, 5.41) is 0. The molecule has 1 heterocycles. The number of aromatic nitrogens is 2. The molecule has 0 saturated heterocycles. The molecule has 0 bridgehead atoms. The molecule has 0 aliphatic heterocycles. The van der Waals surface area contributed by atoms with Gasteiger partial charge in [0.15, 0.2) is 11.6 Å². The van der Waals surface area contributed by atoms with Crippen LogP contribution in [0.2, 0.25) is 0 Å². The molecular weight excluding hydrogens is 167 g/mol. The van der Waals surface area contributed by atoms with Gasteiger partial charge in [0, 0.05) is 5.56 Å². The predicted molar refractivity (Wildman–Crippen MR) is 46.3 cm³/mol. The zero-order valence-corrected chi connectivity index (χ0v) is 6.74. The Labute approximate surface area is 75.1 Å². The molecule has 0 saturated carbocycles. The first kappa shape index (κ1) is 7.86. The van der Waals surface area contributed by atoms with Gasteiger partial charge in [-0.2, -0.15) is 0 Å². The second-order valence-corrected chi connectivity index (χ2v) is 2.51. The Morgan fingerprint density at radius 3 is 2.31 bits per heavy atom. The Morgan fingerprint density at radius 2 is 1.69 bits per heavy atom. The third-order valence-electron chi connectivity index (χ3n) is 1.60. The van der Waals surface area contributed by atoms with Crippen LogP contribution in [-0.4, -0.2) is 9.97 Å². The molecule has 0 N–H and O–H groups in total. The monoisotopic (exact) mass is 173 g/mol. The highest BCUT2D eigenvalue weighted by Gasteiger charge is 1.98. The average Bonchev–Trinajstić information content (AvgIpc) is 2.20. The molecule has 1 aromatic heterocycles. The number of rotatable bonds is 1. The molecular formula is C10H6FN2. The van der Waals surface area contributed by atoms with Crippen molar-refractivity contribution in [1.82, 2.24) is 9.97 Å². The van der Waals surface area contributed by atoms with Gasteiger partial charge in [0.25, 0.3) is 0 Å². The van der Waals surface area contributed by atoms with Gasteiger partial charge in [0.2, 0.25) is 0 Å². The van der Waals surface area contributed by atoms with E-state index in [0.29, 0.717) is 5.82 Å². The van der Waals surface area contributed by atoms with Crippen LogP contribution in [0.15, 0.2) is 36.7 Å². The molecule has 0 unspecified atom stereocenters. The van der Waals surface area contributed by atoms with E-state index < -0.39 is 5.82 Å². The molecule has 13 heavy (non-hydrogen) atoms. The second kappa shape index (κ2) is 3.31. The first-order valence-electron chi connectivity index (χ1n) is 3.80. The number of hydrogen-bond donors (Lipinski definition) is 0. The van der Waals surface area contributed by atoms with E-state index in [2.05, 4.69) is 16.0 Å². The summed E-state index contributed by atoms with van der Waals surface area (Å²) in [6.45, 7) is 0. The third-order valence-corrected chi connectivity index (χ3v) is 1.60. The summed E-state index contributed by atoms with van der Waals surface area (Å²) in [6.07, 6.45) is 2.30. The Bertz CT molecular complexity index is 383. The Kier molecular flexibility index (Phi) is 2.00. The summed E-state index contributed by atoms with van der Waals surface area (Å²) in [4.78, 5) is 7.70. The maximum absolute atomic E-state index is 12.5. The van der Waals surface area contributed by atoms with Crippen LogP contribution in [0.3, 0.4) is 0 Å². The lowest BCUT2D eigenvalue weighted by Gasteiger charge is -1.97. The minimum Gasteiger partial charge on any atom is -0.233 e. The lowest BCUT2D eigenvalue weighted by molar-refractivity contribution is 0.614. The molecule has 0 aliphatic carbocycles. The van der Waals surface area contributed by atoms with Crippen molar-refractivity contribution >= 4 is 0 Å². The van der Waals surface area contributed by atoms with Gasteiger partial charge in [-0.05, 0) is 6.07 Å². The normalized spacial score (nSPS) is 9.92. The van der Waals surface area contributed by atoms with Crippen molar-refractivity contribution in [3.63, 3.8) is 0 Å². The summed E-state index contributed by atoms with van der Waals surface area (Å²) in [5.74, 6) is 0.0987. The molecule has 2 rings (SSSR count). The second-order valence-electron chi connectivity index (χ2n) is 2.51. The average molecular weight is 173 g/mol. The first-order valence-corrected chi connectivity index (χ1v) is 3.80. The van der Waals surface area contributed by atoms with Crippen molar-refractivity contribution in [2.75, 3.05) is 0 Å². The summed E-state index contributed by atoms with van der Waals surface area (Å²) in [5.41, 5.74) is 0.860. The summed E-state index contributed by atoms with van der Waals surface area (Å²) in [6, 6.07) is 10.1. The summed E-state index contributed by atoms with van der Waals surface area (Å²) in [7, 11) is 0. The molecule has 1 radical (unpaired) electrons. The predicted octanol–water partition coefficient (Wildman–Crippen LogP) is 2.08. The number of nitrogens with zero attached hydrogens (tertiary/aromatic N) is 2. The van der Waals surface area contributed by atoms with Crippen LogP contribution in [-0.2, 0) is 0 Å². The lowest BCUT2D eigenvalue weighted by Crippen LogP contribution is -1.88. The van der Waals surface area contributed by atoms with Gasteiger partial charge in [0.1, 0.15) is 0 Å². The molecule has 0 aliphatic rings. The van der Waals surface area contributed by atoms with Crippen LogP contribution in [0, 0.1) is 11.9 Å². The van der Waals surface area contributed by atoms with Gasteiger partial charge < -0.3 is 0 Å². The van der Waals surface area contributed by atoms with E-state index in [9.17, 15) is 4.39 Å². The van der Waals surface area contributed by atoms with Gasteiger partial charge in [-0.3, -0.25) is 0 Å². The van der Waals surface area contributed by atoms with Gasteiger partial charge in [-0.25, -0.2) is 14.4 Å². The maximum Gasteiger partial charge on any atom is 0.159 e. The molecule has 3 heteroatoms. The van der Waals surface area contributed by atoms with Crippen molar-refractivity contribution in [3.8, 4) is 11.4 Å². The number of halogens is 1. The van der Waals surface area contributed by atoms with Gasteiger partial charge in [0.05, 0.1) is 12.4 Å². The topological polar surface area (TPSA) is 25.8 Å². The van der Waals surface area contributed by atoms with Gasteiger partial charge >= 0.3 is 0 Å². The van der Waals surface area contributed by atoms with Crippen molar-refractivity contribution in [3.05, 3.63) is 48.5 Å². The van der Waals surface area contributed by atoms with E-state index in [0.717, 1.165) is 18.0 Å². The maximum atomic E-state index is 12.5. The standard InChI is InChI=1S/C10H6FN2/c11-9-6-12-10(13-7-9)8-4-2-1-3-5-8/h2-7H. The van der Waals surface area contributed by atoms with E-state index in [4.69, 9.17) is 0 Å². The molecule has 2 nitrogen and oxygen atoms in total. The summed E-state index contributed by atoms with van der Waals surface area (Å²) < 4.78 is 12.5. The lowest BCUT2D eigenvalue weighted by atomic mass is 10.2. The van der Waals surface area contributed by atoms with E-state index in [1.165, 1.54) is 0 Å². The SMILES string of the molecule is Fc1cnc(-c2cc[c]cc2)nc1. The van der Waals surface area contributed by atoms with Crippen molar-refractivity contribution in [1.29, 1.82) is 0 Å². The largest absolute Gasteiger partial charge is 0.233 e. The number of benzene rings is 1. The Hall–Kier alpha value is -1.77. The van der Waals surface area contributed by atoms with E-state index in [1.54, 1.807) is 12.1 Å². The van der Waals surface area contributed by atoms with Crippen LogP contribution in [0.4, 0.5) is 4.39 Å². The smallest absolute Gasteiger partial charge is 0.159 e. The van der Waals surface area contributed by atoms with E-state index in [-0.39, 0.29) is 0 Å². The number of hydrogen-bond acceptors (Lipinski definition) is 2. The fourth-order valence-corrected chi connectivity index (χ4v) is 0.997. The minimum absolute atomic E-state index is 0.425. The molecule has 0 atom stereocenters. The van der Waals surface area contributed by atoms with E-state index in [1.807, 2.05) is 12.1 Å². The highest BCUT2D eigenvalue weighted by Crippen LogP contribution is 2.12. The first-order chi connectivity index (χ1) is 6.36. The molecule has 1 aromatic carbocycles. The molecule has 2 aromatic rings. The Morgan fingerprint density at radius 1 is 1.08 bits per heavy atom. The molecule has 63 valence electrons. The quantitative estimate of drug-likeness (QED) is 0.659. The van der Waals surface area contributed by atoms with Crippen molar-refractivity contribution in [2.45, 2.75) is 0 Å². The highest BCUT2D eigenvalue weighted by molar-refractivity contribution is 5.53. The molecule has 0 spiro atoms. The van der Waals surface area contributed by atoms with E-state index >= 15 is 0 Å². The van der Waals surface area contributed by atoms with Crippen LogP contribution in [0.5, 0.6) is 0 Å². The van der Waals surface area contributed by atoms with Crippen LogP contribution < -0.4 is 0 Å². The zero-order valence-electron chi connectivity index (χ0n) is 6.74. The molecule has 0 fully saturated rings.